The molecule has 0 aliphatic rings. The summed E-state index contributed by atoms with van der Waals surface area (Å²) >= 11 is 0. The summed E-state index contributed by atoms with van der Waals surface area (Å²) in [6.07, 6.45) is 19.3. The molecule has 180 valence electrons. The minimum atomic E-state index is -4.46. The van der Waals surface area contributed by atoms with Gasteiger partial charge in [0.05, 0.1) is 4.90 Å². The fraction of sp³-hybridized carbons (Fsp3) is 0.643. The number of aryl methyl sites for hydroxylation is 2. The molecule has 0 radical (unpaired) electrons. The monoisotopic (exact) mass is 482 g/mol. The molecule has 0 saturated carbocycles. The fourth-order valence-corrected chi connectivity index (χ4v) is 5.09. The minimum absolute atomic E-state index is 0. The van der Waals surface area contributed by atoms with Gasteiger partial charge in [-0.25, -0.2) is 8.42 Å². The summed E-state index contributed by atoms with van der Waals surface area (Å²) in [5.41, 5.74) is 2.22. The van der Waals surface area contributed by atoms with E-state index in [0.717, 1.165) is 48.4 Å². The van der Waals surface area contributed by atoms with Crippen LogP contribution in [0.5, 0.6) is 0 Å². The number of hydrogen-bond donors (Lipinski definition) is 0. The SMILES string of the molecule is CCCCCCCCCc1ccc2c(CCCCCCCCC)cc(S(=O)(=O)[O-])cc2c1.[Na+]. The fourth-order valence-electron chi connectivity index (χ4n) is 4.53. The van der Waals surface area contributed by atoms with Crippen LogP contribution in [0.4, 0.5) is 0 Å². The third kappa shape index (κ3) is 11.7. The van der Waals surface area contributed by atoms with Crippen LogP contribution in [0.3, 0.4) is 0 Å². The van der Waals surface area contributed by atoms with Gasteiger partial charge >= 0.3 is 29.6 Å². The van der Waals surface area contributed by atoms with Gasteiger partial charge < -0.3 is 4.55 Å². The van der Waals surface area contributed by atoms with Crippen molar-refractivity contribution in [2.24, 2.45) is 0 Å². The molecular formula is C28H43NaO3S. The molecule has 5 heteroatoms. The van der Waals surface area contributed by atoms with Crippen LogP contribution in [0.2, 0.25) is 0 Å². The van der Waals surface area contributed by atoms with E-state index in [1.807, 2.05) is 0 Å². The summed E-state index contributed by atoms with van der Waals surface area (Å²) < 4.78 is 35.3. The van der Waals surface area contributed by atoms with Gasteiger partial charge in [0.2, 0.25) is 0 Å². The average Bonchev–Trinajstić information content (AvgIpc) is 2.76. The van der Waals surface area contributed by atoms with Gasteiger partial charge in [0.1, 0.15) is 10.1 Å². The first kappa shape index (κ1) is 30.6. The van der Waals surface area contributed by atoms with Crippen molar-refractivity contribution >= 4 is 20.9 Å². The summed E-state index contributed by atoms with van der Waals surface area (Å²) in [5, 5.41) is 1.98. The van der Waals surface area contributed by atoms with E-state index in [1.54, 1.807) is 12.1 Å². The maximum absolute atomic E-state index is 11.8. The Morgan fingerprint density at radius 2 is 1.18 bits per heavy atom. The molecular weight excluding hydrogens is 439 g/mol. The van der Waals surface area contributed by atoms with E-state index in [9.17, 15) is 13.0 Å². The maximum Gasteiger partial charge on any atom is 1.00 e. The largest absolute Gasteiger partial charge is 1.00 e. The smallest absolute Gasteiger partial charge is 0.744 e. The molecule has 0 amide bonds. The second kappa shape index (κ2) is 17.1. The Morgan fingerprint density at radius 3 is 1.73 bits per heavy atom. The third-order valence-corrected chi connectivity index (χ3v) is 7.30. The zero-order chi connectivity index (χ0) is 23.2. The predicted octanol–water partition coefficient (Wildman–Crippen LogP) is 5.33. The van der Waals surface area contributed by atoms with Gasteiger partial charge in [0.15, 0.2) is 0 Å². The summed E-state index contributed by atoms with van der Waals surface area (Å²) in [6.45, 7) is 4.46. The predicted molar refractivity (Wildman–Crippen MR) is 135 cm³/mol. The van der Waals surface area contributed by atoms with Crippen LogP contribution >= 0.6 is 0 Å². The number of fused-ring (bicyclic) bond motifs is 1. The third-order valence-electron chi connectivity index (χ3n) is 6.48. The second-order valence-electron chi connectivity index (χ2n) is 9.33. The van der Waals surface area contributed by atoms with Crippen molar-refractivity contribution < 1.29 is 42.5 Å². The van der Waals surface area contributed by atoms with Gasteiger partial charge in [-0.05, 0) is 59.7 Å². The summed E-state index contributed by atoms with van der Waals surface area (Å²) in [4.78, 5) is -0.0870. The van der Waals surface area contributed by atoms with Crippen LogP contribution < -0.4 is 29.6 Å². The van der Waals surface area contributed by atoms with E-state index in [1.165, 1.54) is 76.2 Å². The second-order valence-corrected chi connectivity index (χ2v) is 10.7. The van der Waals surface area contributed by atoms with E-state index in [2.05, 4.69) is 32.0 Å². The van der Waals surface area contributed by atoms with Crippen LogP contribution in [0.15, 0.2) is 35.2 Å². The Labute approximate surface area is 225 Å². The molecule has 0 heterocycles. The average molecular weight is 483 g/mol. The summed E-state index contributed by atoms with van der Waals surface area (Å²) in [5.74, 6) is 0. The van der Waals surface area contributed by atoms with Crippen molar-refractivity contribution in [3.63, 3.8) is 0 Å². The first-order chi connectivity index (χ1) is 15.5. The van der Waals surface area contributed by atoms with Gasteiger partial charge in [0.25, 0.3) is 0 Å². The van der Waals surface area contributed by atoms with Crippen LogP contribution in [0.25, 0.3) is 10.8 Å². The number of rotatable bonds is 17. The zero-order valence-electron chi connectivity index (χ0n) is 21.3. The molecule has 0 aromatic heterocycles. The Morgan fingerprint density at radius 1 is 0.667 bits per heavy atom. The van der Waals surface area contributed by atoms with E-state index >= 15 is 0 Å². The van der Waals surface area contributed by atoms with E-state index in [0.29, 0.717) is 0 Å². The molecule has 0 saturated heterocycles. The van der Waals surface area contributed by atoms with Crippen molar-refractivity contribution in [1.82, 2.24) is 0 Å². The van der Waals surface area contributed by atoms with Gasteiger partial charge in [-0.2, -0.15) is 0 Å². The van der Waals surface area contributed by atoms with E-state index in [4.69, 9.17) is 0 Å². The van der Waals surface area contributed by atoms with Crippen molar-refractivity contribution in [2.75, 3.05) is 0 Å². The molecule has 2 rings (SSSR count). The molecule has 3 nitrogen and oxygen atoms in total. The molecule has 0 aliphatic heterocycles. The standard InChI is InChI=1S/C28H44O3S.Na/c1-3-5-7-9-11-13-15-17-24-19-20-28-25(18-16-14-12-10-8-6-4-2)22-27(32(29,30)31)23-26(28)21-24;/h19-23H,3-18H2,1-2H3,(H,29,30,31);/q;+1/p-1. The van der Waals surface area contributed by atoms with E-state index in [-0.39, 0.29) is 34.5 Å². The number of benzene rings is 2. The molecule has 0 unspecified atom stereocenters. The van der Waals surface area contributed by atoms with Crippen molar-refractivity contribution in [1.29, 1.82) is 0 Å². The maximum atomic E-state index is 11.8. The molecule has 2 aromatic carbocycles. The zero-order valence-corrected chi connectivity index (χ0v) is 24.1. The quantitative estimate of drug-likeness (QED) is 0.174. The molecule has 33 heavy (non-hydrogen) atoms. The Bertz CT molecular complexity index is 909. The minimum Gasteiger partial charge on any atom is -0.744 e. The Balaban J connectivity index is 0.00000544. The Kier molecular flexibility index (Phi) is 15.9. The van der Waals surface area contributed by atoms with Crippen LogP contribution in [-0.2, 0) is 23.0 Å². The molecule has 0 aliphatic carbocycles. The van der Waals surface area contributed by atoms with E-state index < -0.39 is 10.1 Å². The van der Waals surface area contributed by atoms with Crippen molar-refractivity contribution in [3.05, 3.63) is 41.5 Å². The molecule has 0 bridgehead atoms. The van der Waals surface area contributed by atoms with Gasteiger partial charge in [-0.1, -0.05) is 109 Å². The van der Waals surface area contributed by atoms with Gasteiger partial charge in [0, 0.05) is 0 Å². The topological polar surface area (TPSA) is 57.2 Å². The van der Waals surface area contributed by atoms with Gasteiger partial charge in [-0.15, -0.1) is 0 Å². The summed E-state index contributed by atoms with van der Waals surface area (Å²) in [6, 6.07) is 9.58. The first-order valence-electron chi connectivity index (χ1n) is 13.0. The van der Waals surface area contributed by atoms with Crippen molar-refractivity contribution in [3.8, 4) is 0 Å². The number of hydrogen-bond acceptors (Lipinski definition) is 3. The number of unbranched alkanes of at least 4 members (excludes halogenated alkanes) is 12. The van der Waals surface area contributed by atoms with Crippen LogP contribution in [0.1, 0.15) is 115 Å². The van der Waals surface area contributed by atoms with Crippen LogP contribution in [0, 0.1) is 0 Å². The molecule has 2 aromatic rings. The molecule has 0 fully saturated rings. The summed E-state index contributed by atoms with van der Waals surface area (Å²) in [7, 11) is -4.46. The molecule has 0 spiro atoms. The van der Waals surface area contributed by atoms with Crippen molar-refractivity contribution in [2.45, 2.75) is 121 Å². The molecule has 0 atom stereocenters. The first-order valence-corrected chi connectivity index (χ1v) is 14.4. The van der Waals surface area contributed by atoms with Crippen LogP contribution in [-0.4, -0.2) is 13.0 Å². The Hall–Kier alpha value is -0.390. The molecule has 0 N–H and O–H groups in total. The normalized spacial score (nSPS) is 11.6. The van der Waals surface area contributed by atoms with Gasteiger partial charge in [-0.3, -0.25) is 0 Å².